The molecule has 0 saturated heterocycles. The molecule has 0 saturated carbocycles. The third-order valence-electron chi connectivity index (χ3n) is 0.655. The average Bonchev–Trinajstić information content (AvgIpc) is 1.83. The van der Waals surface area contributed by atoms with Crippen LogP contribution in [0.1, 0.15) is 34.6 Å². The summed E-state index contributed by atoms with van der Waals surface area (Å²) in [5.41, 5.74) is 0. The molecule has 0 atom stereocenters. The van der Waals surface area contributed by atoms with Gasteiger partial charge in [-0.15, -0.1) is 0 Å². The van der Waals surface area contributed by atoms with Crippen LogP contribution in [0.5, 0.6) is 0 Å². The zero-order chi connectivity index (χ0) is 10.9. The van der Waals surface area contributed by atoms with Gasteiger partial charge in [0.1, 0.15) is 0 Å². The number of rotatable bonds is 4. The Balaban J connectivity index is 0. The van der Waals surface area contributed by atoms with Crippen LogP contribution in [-0.4, -0.2) is 39.2 Å². The summed E-state index contributed by atoms with van der Waals surface area (Å²) in [5.74, 6) is -0.833. The van der Waals surface area contributed by atoms with Crippen molar-refractivity contribution >= 4 is 21.9 Å². The van der Waals surface area contributed by atoms with E-state index in [1.807, 2.05) is 27.7 Å². The van der Waals surface area contributed by atoms with Gasteiger partial charge in [0.05, 0.1) is 0 Å². The second kappa shape index (κ2) is 10.0. The van der Waals surface area contributed by atoms with Crippen LogP contribution in [0.2, 0.25) is 0 Å². The lowest BCUT2D eigenvalue weighted by molar-refractivity contribution is -0.134. The number of hydrogen-bond donors (Lipinski definition) is 1. The number of hydrogen-bond acceptors (Lipinski definition) is 3. The summed E-state index contributed by atoms with van der Waals surface area (Å²) < 4.78 is 10.4. The maximum absolute atomic E-state index is 9.00. The molecule has 0 aromatic carbocycles. The quantitative estimate of drug-likeness (QED) is 0.706. The fraction of sp³-hybridized carbons (Fsp3) is 0.875. The minimum absolute atomic E-state index is 0.245. The van der Waals surface area contributed by atoms with E-state index in [9.17, 15) is 0 Å². The van der Waals surface area contributed by atoms with Crippen LogP contribution in [0.15, 0.2) is 0 Å². The number of carboxylic acid groups (broad SMARTS) is 1. The molecule has 0 fully saturated rings. The molecule has 1 N–H and O–H groups in total. The molecule has 0 aliphatic heterocycles. The fourth-order valence-corrected chi connectivity index (χ4v) is 0.763. The average molecular weight is 205 g/mol. The first-order valence-corrected chi connectivity index (χ1v) is 5.12. The van der Waals surface area contributed by atoms with E-state index in [0.29, 0.717) is 12.2 Å². The van der Waals surface area contributed by atoms with Gasteiger partial charge in [-0.3, -0.25) is 4.79 Å². The molecule has 13 heavy (non-hydrogen) atoms. The van der Waals surface area contributed by atoms with Gasteiger partial charge in [-0.05, 0) is 27.7 Å². The Labute approximate surface area is 86.6 Å². The second-order valence-electron chi connectivity index (χ2n) is 2.98. The van der Waals surface area contributed by atoms with Crippen LogP contribution in [0.4, 0.5) is 0 Å². The minimum Gasteiger partial charge on any atom is -0.482 e. The van der Waals surface area contributed by atoms with Gasteiger partial charge in [-0.2, -0.15) is 0 Å². The lowest BCUT2D eigenvalue weighted by Crippen LogP contribution is -2.14. The molecule has 1 radical (unpaired) electrons. The second-order valence-corrected chi connectivity index (χ2v) is 3.72. The van der Waals surface area contributed by atoms with Gasteiger partial charge in [0, 0.05) is 19.1 Å². The first-order chi connectivity index (χ1) is 5.86. The molecule has 5 heteroatoms. The van der Waals surface area contributed by atoms with E-state index >= 15 is 0 Å². The molecule has 0 aromatic heterocycles. The fourth-order valence-electron chi connectivity index (χ4n) is 0.254. The van der Waals surface area contributed by atoms with Crippen LogP contribution in [0, 0.1) is 0 Å². The Morgan fingerprint density at radius 2 is 1.38 bits per heavy atom. The standard InChI is InChI=1S/2C3H7O.C2H4O2.Al/c2*1-3(2)4;1-2(3)4;/h2*3H,1-2H3;1H3,(H,3,4);/q2*-1;;+2. The van der Waals surface area contributed by atoms with Crippen LogP contribution >= 0.6 is 0 Å². The van der Waals surface area contributed by atoms with Gasteiger partial charge in [-0.25, -0.2) is 0 Å². The summed E-state index contributed by atoms with van der Waals surface area (Å²) in [6.07, 6.45) is 0.609. The van der Waals surface area contributed by atoms with Crippen LogP contribution in [-0.2, 0) is 12.4 Å². The first kappa shape index (κ1) is 15.4. The summed E-state index contributed by atoms with van der Waals surface area (Å²) in [6.45, 7) is 9.13. The lowest BCUT2D eigenvalue weighted by Gasteiger charge is -2.09. The predicted octanol–water partition coefficient (Wildman–Crippen LogP) is 1.46. The first-order valence-electron chi connectivity index (χ1n) is 4.18. The molecule has 77 valence electrons. The zero-order valence-electron chi connectivity index (χ0n) is 8.90. The van der Waals surface area contributed by atoms with E-state index in [0.717, 1.165) is 6.92 Å². The Morgan fingerprint density at radius 1 is 1.15 bits per heavy atom. The highest BCUT2D eigenvalue weighted by atomic mass is 27.2. The molecule has 0 aliphatic rings. The highest BCUT2D eigenvalue weighted by Crippen LogP contribution is 1.89. The van der Waals surface area contributed by atoms with Crippen LogP contribution in [0.3, 0.4) is 0 Å². The normalized spacial score (nSPS) is 9.46. The molecular weight excluding hydrogens is 187 g/mol. The van der Waals surface area contributed by atoms with Crippen LogP contribution < -0.4 is 0 Å². The monoisotopic (exact) mass is 205 g/mol. The highest BCUT2D eigenvalue weighted by molar-refractivity contribution is 6.18. The molecule has 0 rings (SSSR count). The van der Waals surface area contributed by atoms with E-state index in [-0.39, 0.29) is 15.9 Å². The van der Waals surface area contributed by atoms with Crippen molar-refractivity contribution in [1.82, 2.24) is 0 Å². The molecule has 4 nitrogen and oxygen atoms in total. The van der Waals surface area contributed by atoms with Gasteiger partial charge in [-0.1, -0.05) is 0 Å². The van der Waals surface area contributed by atoms with E-state index in [2.05, 4.69) is 0 Å². The van der Waals surface area contributed by atoms with E-state index in [4.69, 9.17) is 17.5 Å². The summed E-state index contributed by atoms with van der Waals surface area (Å²) in [7, 11) is 0. The summed E-state index contributed by atoms with van der Waals surface area (Å²) >= 11 is -0.245. The molecule has 0 bridgehead atoms. The molecule has 0 aromatic rings. The number of aliphatic carboxylic acids is 1. The molecule has 0 unspecified atom stereocenters. The van der Waals surface area contributed by atoms with E-state index in [1.165, 1.54) is 0 Å². The number of carbonyl (C=O) groups is 1. The molecule has 0 amide bonds. The van der Waals surface area contributed by atoms with Crippen molar-refractivity contribution < 1.29 is 17.5 Å². The Kier molecular flexibility index (Phi) is 11.9. The summed E-state index contributed by atoms with van der Waals surface area (Å²) in [5, 5.41) is 7.42. The summed E-state index contributed by atoms with van der Waals surface area (Å²) in [4.78, 5) is 9.00. The maximum atomic E-state index is 9.00. The van der Waals surface area contributed by atoms with Crippen molar-refractivity contribution in [1.29, 1.82) is 0 Å². The SMILES string of the molecule is CC(=O)O.CC(C)[O][Al][O]C(C)C. The van der Waals surface area contributed by atoms with E-state index < -0.39 is 5.97 Å². The van der Waals surface area contributed by atoms with Crippen molar-refractivity contribution in [2.75, 3.05) is 0 Å². The van der Waals surface area contributed by atoms with E-state index in [1.54, 1.807) is 0 Å². The van der Waals surface area contributed by atoms with Gasteiger partial charge < -0.3 is 12.7 Å². The van der Waals surface area contributed by atoms with Crippen molar-refractivity contribution in [2.24, 2.45) is 0 Å². The van der Waals surface area contributed by atoms with Crippen molar-refractivity contribution in [3.8, 4) is 0 Å². The Hall–Kier alpha value is -0.0775. The van der Waals surface area contributed by atoms with Crippen LogP contribution in [0.25, 0.3) is 0 Å². The molecule has 0 aliphatic carbocycles. The van der Waals surface area contributed by atoms with Crippen molar-refractivity contribution in [2.45, 2.75) is 46.8 Å². The summed E-state index contributed by atoms with van der Waals surface area (Å²) in [6, 6.07) is 0. The third-order valence-corrected chi connectivity index (χ3v) is 1.97. The topological polar surface area (TPSA) is 55.8 Å². The third kappa shape index (κ3) is 33.5. The van der Waals surface area contributed by atoms with Crippen molar-refractivity contribution in [3.05, 3.63) is 0 Å². The smallest absolute Gasteiger partial charge is 0.482 e. The van der Waals surface area contributed by atoms with Gasteiger partial charge in [0.15, 0.2) is 0 Å². The van der Waals surface area contributed by atoms with Crippen molar-refractivity contribution in [3.63, 3.8) is 0 Å². The largest absolute Gasteiger partial charge is 0.668 e. The highest BCUT2D eigenvalue weighted by Gasteiger charge is 2.01. The van der Waals surface area contributed by atoms with Gasteiger partial charge in [0.25, 0.3) is 5.97 Å². The lowest BCUT2D eigenvalue weighted by atomic mass is 10.5. The zero-order valence-corrected chi connectivity index (χ0v) is 10.1. The molecular formula is C8H18AlO4. The maximum Gasteiger partial charge on any atom is 0.668 e. The molecule has 0 spiro atoms. The predicted molar refractivity (Wildman–Crippen MR) is 51.5 cm³/mol. The minimum atomic E-state index is -0.833. The van der Waals surface area contributed by atoms with Gasteiger partial charge in [0.2, 0.25) is 0 Å². The Bertz CT molecular complexity index is 113. The molecule has 0 heterocycles. The van der Waals surface area contributed by atoms with Gasteiger partial charge >= 0.3 is 15.9 Å². The number of carboxylic acids is 1. The Morgan fingerprint density at radius 3 is 1.54 bits per heavy atom.